The second-order valence-electron chi connectivity index (χ2n) is 6.85. The molecule has 30 heavy (non-hydrogen) atoms. The lowest BCUT2D eigenvalue weighted by molar-refractivity contribution is 0.627. The SMILES string of the molecule is Fc1ccc(CCNc2nc(NCc3cccnc3)cc(-c3ccccc3)n2)cc1. The van der Waals surface area contributed by atoms with Gasteiger partial charge in [0.25, 0.3) is 0 Å². The number of nitrogens with one attached hydrogen (secondary N) is 2. The molecular formula is C24H22FN5. The van der Waals surface area contributed by atoms with E-state index in [1.165, 1.54) is 12.1 Å². The van der Waals surface area contributed by atoms with Crippen LogP contribution in [0.2, 0.25) is 0 Å². The summed E-state index contributed by atoms with van der Waals surface area (Å²) in [6.45, 7) is 1.26. The summed E-state index contributed by atoms with van der Waals surface area (Å²) < 4.78 is 13.1. The van der Waals surface area contributed by atoms with E-state index in [2.05, 4.69) is 25.6 Å². The number of nitrogens with zero attached hydrogens (tertiary/aromatic N) is 3. The minimum atomic E-state index is -0.227. The van der Waals surface area contributed by atoms with Crippen molar-refractivity contribution in [3.63, 3.8) is 0 Å². The van der Waals surface area contributed by atoms with Gasteiger partial charge in [-0.1, -0.05) is 48.5 Å². The van der Waals surface area contributed by atoms with E-state index in [1.54, 1.807) is 18.3 Å². The molecule has 0 saturated heterocycles. The third-order valence-corrected chi connectivity index (χ3v) is 4.60. The fourth-order valence-electron chi connectivity index (χ4n) is 3.04. The van der Waals surface area contributed by atoms with Crippen molar-refractivity contribution in [1.29, 1.82) is 0 Å². The highest BCUT2D eigenvalue weighted by Gasteiger charge is 2.07. The van der Waals surface area contributed by atoms with Gasteiger partial charge in [0.1, 0.15) is 11.6 Å². The number of anilines is 2. The fourth-order valence-corrected chi connectivity index (χ4v) is 3.04. The highest BCUT2D eigenvalue weighted by atomic mass is 19.1. The molecule has 0 aliphatic rings. The van der Waals surface area contributed by atoms with Gasteiger partial charge in [-0.2, -0.15) is 4.98 Å². The number of hydrogen-bond donors (Lipinski definition) is 2. The standard InChI is InChI=1S/C24H22FN5/c25-21-10-8-18(9-11-21)12-14-27-24-29-22(20-6-2-1-3-7-20)15-23(30-24)28-17-19-5-4-13-26-16-19/h1-11,13,15-16H,12,14,17H2,(H2,27,28,29,30). The van der Waals surface area contributed by atoms with Crippen LogP contribution in [0.15, 0.2) is 85.2 Å². The lowest BCUT2D eigenvalue weighted by Gasteiger charge is -2.12. The number of rotatable bonds is 8. The van der Waals surface area contributed by atoms with E-state index in [-0.39, 0.29) is 5.82 Å². The average molecular weight is 399 g/mol. The molecule has 150 valence electrons. The van der Waals surface area contributed by atoms with E-state index in [0.29, 0.717) is 19.0 Å². The van der Waals surface area contributed by atoms with Crippen LogP contribution in [0.1, 0.15) is 11.1 Å². The van der Waals surface area contributed by atoms with Crippen molar-refractivity contribution in [3.8, 4) is 11.3 Å². The second-order valence-corrected chi connectivity index (χ2v) is 6.85. The molecule has 0 radical (unpaired) electrons. The van der Waals surface area contributed by atoms with Gasteiger partial charge in [-0.05, 0) is 35.7 Å². The zero-order valence-electron chi connectivity index (χ0n) is 16.4. The van der Waals surface area contributed by atoms with Crippen molar-refractivity contribution in [3.05, 3.63) is 102 Å². The minimum Gasteiger partial charge on any atom is -0.366 e. The summed E-state index contributed by atoms with van der Waals surface area (Å²) in [5.41, 5.74) is 3.98. The molecule has 0 aliphatic heterocycles. The van der Waals surface area contributed by atoms with Crippen molar-refractivity contribution in [2.45, 2.75) is 13.0 Å². The van der Waals surface area contributed by atoms with E-state index in [9.17, 15) is 4.39 Å². The van der Waals surface area contributed by atoms with Crippen LogP contribution in [-0.4, -0.2) is 21.5 Å². The van der Waals surface area contributed by atoms with Crippen LogP contribution in [0.3, 0.4) is 0 Å². The van der Waals surface area contributed by atoms with Crippen molar-refractivity contribution < 1.29 is 4.39 Å². The molecule has 2 N–H and O–H groups in total. The summed E-state index contributed by atoms with van der Waals surface area (Å²) in [6, 6.07) is 22.4. The molecule has 0 aliphatic carbocycles. The molecule has 2 heterocycles. The summed E-state index contributed by atoms with van der Waals surface area (Å²) in [4.78, 5) is 13.4. The molecule has 0 fully saturated rings. The normalized spacial score (nSPS) is 10.6. The molecule has 0 unspecified atom stereocenters. The molecular weight excluding hydrogens is 377 g/mol. The Hall–Kier alpha value is -3.80. The number of aromatic nitrogens is 3. The van der Waals surface area contributed by atoms with Gasteiger partial charge < -0.3 is 10.6 Å². The second kappa shape index (κ2) is 9.60. The van der Waals surface area contributed by atoms with E-state index in [4.69, 9.17) is 0 Å². The molecule has 0 spiro atoms. The van der Waals surface area contributed by atoms with Gasteiger partial charge in [0.15, 0.2) is 0 Å². The van der Waals surface area contributed by atoms with Gasteiger partial charge in [-0.3, -0.25) is 4.98 Å². The molecule has 4 aromatic rings. The third-order valence-electron chi connectivity index (χ3n) is 4.60. The summed E-state index contributed by atoms with van der Waals surface area (Å²) in [6.07, 6.45) is 4.33. The number of benzene rings is 2. The molecule has 2 aromatic heterocycles. The van der Waals surface area contributed by atoms with Gasteiger partial charge in [0.05, 0.1) is 5.69 Å². The molecule has 0 bridgehead atoms. The summed E-state index contributed by atoms with van der Waals surface area (Å²) in [5, 5.41) is 6.64. The first-order valence-electron chi connectivity index (χ1n) is 9.82. The Morgan fingerprint density at radius 3 is 2.40 bits per heavy atom. The minimum absolute atomic E-state index is 0.227. The van der Waals surface area contributed by atoms with Crippen molar-refractivity contribution >= 4 is 11.8 Å². The van der Waals surface area contributed by atoms with Crippen LogP contribution in [0, 0.1) is 5.82 Å². The van der Waals surface area contributed by atoms with E-state index in [1.807, 2.05) is 54.7 Å². The highest BCUT2D eigenvalue weighted by Crippen LogP contribution is 2.21. The van der Waals surface area contributed by atoms with Gasteiger partial charge in [0, 0.05) is 37.1 Å². The fraction of sp³-hybridized carbons (Fsp3) is 0.125. The Bertz CT molecular complexity index is 1070. The maximum absolute atomic E-state index is 13.1. The Morgan fingerprint density at radius 1 is 0.800 bits per heavy atom. The number of halogens is 1. The van der Waals surface area contributed by atoms with Crippen LogP contribution in [0.4, 0.5) is 16.2 Å². The predicted octanol–water partition coefficient (Wildman–Crippen LogP) is 4.94. The monoisotopic (exact) mass is 399 g/mol. The Labute approximate surface area is 175 Å². The molecule has 0 atom stereocenters. The zero-order chi connectivity index (χ0) is 20.6. The Balaban J connectivity index is 1.50. The molecule has 4 rings (SSSR count). The van der Waals surface area contributed by atoms with E-state index in [0.717, 1.165) is 34.6 Å². The smallest absolute Gasteiger partial charge is 0.225 e. The number of hydrogen-bond acceptors (Lipinski definition) is 5. The van der Waals surface area contributed by atoms with E-state index < -0.39 is 0 Å². The van der Waals surface area contributed by atoms with Gasteiger partial charge in [-0.25, -0.2) is 9.37 Å². The van der Waals surface area contributed by atoms with Gasteiger partial charge >= 0.3 is 0 Å². The lowest BCUT2D eigenvalue weighted by atomic mass is 10.1. The first-order chi connectivity index (χ1) is 14.8. The van der Waals surface area contributed by atoms with Crippen LogP contribution in [-0.2, 0) is 13.0 Å². The lowest BCUT2D eigenvalue weighted by Crippen LogP contribution is -2.10. The Kier molecular flexibility index (Phi) is 6.25. The zero-order valence-corrected chi connectivity index (χ0v) is 16.4. The van der Waals surface area contributed by atoms with Gasteiger partial charge in [-0.15, -0.1) is 0 Å². The maximum atomic E-state index is 13.1. The molecule has 0 amide bonds. The predicted molar refractivity (Wildman–Crippen MR) is 118 cm³/mol. The van der Waals surface area contributed by atoms with E-state index >= 15 is 0 Å². The molecule has 5 nitrogen and oxygen atoms in total. The van der Waals surface area contributed by atoms with Crippen molar-refractivity contribution in [2.75, 3.05) is 17.2 Å². The molecule has 6 heteroatoms. The average Bonchev–Trinajstić information content (AvgIpc) is 2.80. The summed E-state index contributed by atoms with van der Waals surface area (Å²) >= 11 is 0. The molecule has 0 saturated carbocycles. The molecule has 2 aromatic carbocycles. The number of pyridine rings is 1. The van der Waals surface area contributed by atoms with Crippen LogP contribution in [0.25, 0.3) is 11.3 Å². The summed E-state index contributed by atoms with van der Waals surface area (Å²) in [7, 11) is 0. The maximum Gasteiger partial charge on any atom is 0.225 e. The van der Waals surface area contributed by atoms with Crippen LogP contribution in [0.5, 0.6) is 0 Å². The van der Waals surface area contributed by atoms with Crippen LogP contribution >= 0.6 is 0 Å². The highest BCUT2D eigenvalue weighted by molar-refractivity contribution is 5.64. The van der Waals surface area contributed by atoms with Crippen LogP contribution < -0.4 is 10.6 Å². The quantitative estimate of drug-likeness (QED) is 0.439. The first-order valence-corrected chi connectivity index (χ1v) is 9.82. The third kappa shape index (κ3) is 5.38. The topological polar surface area (TPSA) is 62.7 Å². The van der Waals surface area contributed by atoms with Crippen molar-refractivity contribution in [1.82, 2.24) is 15.0 Å². The summed E-state index contributed by atoms with van der Waals surface area (Å²) in [5.74, 6) is 1.05. The first kappa shape index (κ1) is 19.5. The largest absolute Gasteiger partial charge is 0.366 e. The van der Waals surface area contributed by atoms with Gasteiger partial charge in [0.2, 0.25) is 5.95 Å². The van der Waals surface area contributed by atoms with Crippen molar-refractivity contribution in [2.24, 2.45) is 0 Å². The Morgan fingerprint density at radius 2 is 1.63 bits per heavy atom.